The second-order valence-corrected chi connectivity index (χ2v) is 6.25. The van der Waals surface area contributed by atoms with Gasteiger partial charge in [0.1, 0.15) is 0 Å². The van der Waals surface area contributed by atoms with Crippen LogP contribution in [-0.4, -0.2) is 27.5 Å². The molecule has 0 saturated heterocycles. The molecule has 1 aromatic carbocycles. The fourth-order valence-electron chi connectivity index (χ4n) is 1.74. The number of benzene rings is 1. The van der Waals surface area contributed by atoms with Crippen molar-refractivity contribution in [1.82, 2.24) is 4.72 Å². The number of hydrogen-bond acceptors (Lipinski definition) is 5. The number of rotatable bonds is 6. The SMILES string of the molecule is CCNS(=O)(=O)c1ccc(C(C)(C#N)C(=O)OCC)cc1. The third kappa shape index (κ3) is 3.60. The molecule has 0 aromatic heterocycles. The summed E-state index contributed by atoms with van der Waals surface area (Å²) >= 11 is 0. The van der Waals surface area contributed by atoms with E-state index < -0.39 is 21.4 Å². The number of hydrogen-bond donors (Lipinski definition) is 1. The van der Waals surface area contributed by atoms with Gasteiger partial charge in [-0.25, -0.2) is 17.9 Å². The van der Waals surface area contributed by atoms with Crippen LogP contribution in [0.5, 0.6) is 0 Å². The van der Waals surface area contributed by atoms with E-state index in [2.05, 4.69) is 4.72 Å². The molecule has 1 unspecified atom stereocenters. The highest BCUT2D eigenvalue weighted by Gasteiger charge is 2.37. The van der Waals surface area contributed by atoms with Crippen molar-refractivity contribution in [1.29, 1.82) is 5.26 Å². The summed E-state index contributed by atoms with van der Waals surface area (Å²) < 4.78 is 30.9. The molecule has 0 bridgehead atoms. The van der Waals surface area contributed by atoms with E-state index in [0.717, 1.165) is 0 Å². The number of nitrogens with one attached hydrogen (secondary N) is 1. The van der Waals surface area contributed by atoms with Crippen LogP contribution in [0.4, 0.5) is 0 Å². The second-order valence-electron chi connectivity index (χ2n) is 4.48. The predicted molar refractivity (Wildman–Crippen MR) is 76.9 cm³/mol. The first-order chi connectivity index (χ1) is 9.81. The van der Waals surface area contributed by atoms with Gasteiger partial charge in [-0.1, -0.05) is 19.1 Å². The molecule has 0 saturated carbocycles. The zero-order chi connectivity index (χ0) is 16.1. The molecule has 1 atom stereocenters. The highest BCUT2D eigenvalue weighted by atomic mass is 32.2. The first-order valence-electron chi connectivity index (χ1n) is 6.50. The molecule has 1 N–H and O–H groups in total. The van der Waals surface area contributed by atoms with E-state index in [1.54, 1.807) is 13.8 Å². The summed E-state index contributed by atoms with van der Waals surface area (Å²) in [5.41, 5.74) is -1.07. The maximum atomic E-state index is 11.9. The van der Waals surface area contributed by atoms with Gasteiger partial charge in [0.25, 0.3) is 0 Å². The first kappa shape index (κ1) is 17.1. The van der Waals surface area contributed by atoms with Crippen LogP contribution in [0.25, 0.3) is 0 Å². The third-order valence-electron chi connectivity index (χ3n) is 2.98. The predicted octanol–water partition coefficient (Wildman–Crippen LogP) is 1.33. The lowest BCUT2D eigenvalue weighted by atomic mass is 9.84. The molecule has 7 heteroatoms. The molecule has 6 nitrogen and oxygen atoms in total. The summed E-state index contributed by atoms with van der Waals surface area (Å²) in [4.78, 5) is 12.0. The number of ether oxygens (including phenoxy) is 1. The van der Waals surface area contributed by atoms with Gasteiger partial charge in [-0.05, 0) is 31.5 Å². The third-order valence-corrected chi connectivity index (χ3v) is 4.55. The van der Waals surface area contributed by atoms with Crippen molar-refractivity contribution in [2.75, 3.05) is 13.2 Å². The zero-order valence-electron chi connectivity index (χ0n) is 12.2. The zero-order valence-corrected chi connectivity index (χ0v) is 13.0. The van der Waals surface area contributed by atoms with E-state index in [-0.39, 0.29) is 18.0 Å². The monoisotopic (exact) mass is 310 g/mol. The Morgan fingerprint density at radius 2 is 1.90 bits per heavy atom. The van der Waals surface area contributed by atoms with Gasteiger partial charge in [0.2, 0.25) is 10.0 Å². The molecule has 0 radical (unpaired) electrons. The van der Waals surface area contributed by atoms with Crippen molar-refractivity contribution in [2.24, 2.45) is 0 Å². The largest absolute Gasteiger partial charge is 0.465 e. The number of esters is 1. The highest BCUT2D eigenvalue weighted by molar-refractivity contribution is 7.89. The second kappa shape index (κ2) is 6.70. The summed E-state index contributed by atoms with van der Waals surface area (Å²) in [6.07, 6.45) is 0. The van der Waals surface area contributed by atoms with Crippen molar-refractivity contribution >= 4 is 16.0 Å². The molecule has 0 spiro atoms. The van der Waals surface area contributed by atoms with Crippen LogP contribution >= 0.6 is 0 Å². The number of sulfonamides is 1. The smallest absolute Gasteiger partial charge is 0.330 e. The lowest BCUT2D eigenvalue weighted by Crippen LogP contribution is -2.33. The molecule has 0 aliphatic rings. The Balaban J connectivity index is 3.17. The summed E-state index contributed by atoms with van der Waals surface area (Å²) in [5, 5.41) is 9.27. The van der Waals surface area contributed by atoms with Gasteiger partial charge in [-0.3, -0.25) is 0 Å². The molecule has 0 aliphatic heterocycles. The quantitative estimate of drug-likeness (QED) is 0.800. The van der Waals surface area contributed by atoms with Gasteiger partial charge >= 0.3 is 5.97 Å². The minimum Gasteiger partial charge on any atom is -0.465 e. The lowest BCUT2D eigenvalue weighted by Gasteiger charge is -2.20. The van der Waals surface area contributed by atoms with Crippen LogP contribution < -0.4 is 4.72 Å². The molecule has 21 heavy (non-hydrogen) atoms. The van der Waals surface area contributed by atoms with Gasteiger partial charge in [-0.15, -0.1) is 0 Å². The Bertz CT molecular complexity index is 647. The Kier molecular flexibility index (Phi) is 5.47. The van der Waals surface area contributed by atoms with Crippen LogP contribution in [0.1, 0.15) is 26.3 Å². The molecule has 0 amide bonds. The van der Waals surface area contributed by atoms with Gasteiger partial charge < -0.3 is 4.74 Å². The number of nitriles is 1. The summed E-state index contributed by atoms with van der Waals surface area (Å²) in [6.45, 7) is 5.23. The summed E-state index contributed by atoms with van der Waals surface area (Å²) in [5.74, 6) is -0.658. The maximum absolute atomic E-state index is 11.9. The van der Waals surface area contributed by atoms with Crippen molar-refractivity contribution in [3.63, 3.8) is 0 Å². The van der Waals surface area contributed by atoms with E-state index in [1.165, 1.54) is 31.2 Å². The Hall–Kier alpha value is -1.91. The molecule has 0 fully saturated rings. The Labute approximate surface area is 124 Å². The molecule has 0 heterocycles. The number of carbonyl (C=O) groups excluding carboxylic acids is 1. The maximum Gasteiger partial charge on any atom is 0.330 e. The molecule has 0 aliphatic carbocycles. The van der Waals surface area contributed by atoms with Gasteiger partial charge in [-0.2, -0.15) is 5.26 Å². The average molecular weight is 310 g/mol. The fourth-order valence-corrected chi connectivity index (χ4v) is 2.79. The highest BCUT2D eigenvalue weighted by Crippen LogP contribution is 2.26. The van der Waals surface area contributed by atoms with Gasteiger partial charge in [0, 0.05) is 6.54 Å². The molecular formula is C14H18N2O4S. The normalized spacial score (nSPS) is 14.0. The lowest BCUT2D eigenvalue weighted by molar-refractivity contribution is -0.147. The van der Waals surface area contributed by atoms with E-state index in [4.69, 9.17) is 4.74 Å². The van der Waals surface area contributed by atoms with Crippen molar-refractivity contribution < 1.29 is 17.9 Å². The van der Waals surface area contributed by atoms with Crippen LogP contribution in [-0.2, 0) is 25.0 Å². The van der Waals surface area contributed by atoms with Crippen LogP contribution in [0.2, 0.25) is 0 Å². The number of carbonyl (C=O) groups is 1. The van der Waals surface area contributed by atoms with Crippen LogP contribution in [0.3, 0.4) is 0 Å². The molecule has 1 rings (SSSR count). The molecular weight excluding hydrogens is 292 g/mol. The van der Waals surface area contributed by atoms with Crippen molar-refractivity contribution in [3.8, 4) is 6.07 Å². The Morgan fingerprint density at radius 1 is 1.33 bits per heavy atom. The van der Waals surface area contributed by atoms with Crippen LogP contribution in [0, 0.1) is 11.3 Å². The standard InChI is InChI=1S/C14H18N2O4S/c1-4-16-21(18,19)12-8-6-11(7-9-12)14(3,10-15)13(17)20-5-2/h6-9,16H,4-5H2,1-3H3. The van der Waals surface area contributed by atoms with E-state index in [0.29, 0.717) is 5.56 Å². The van der Waals surface area contributed by atoms with Crippen LogP contribution in [0.15, 0.2) is 29.2 Å². The summed E-state index contributed by atoms with van der Waals surface area (Å²) in [6, 6.07) is 7.55. The molecule has 1 aromatic rings. The minimum atomic E-state index is -3.56. The van der Waals surface area contributed by atoms with E-state index in [9.17, 15) is 18.5 Å². The minimum absolute atomic E-state index is 0.0808. The number of nitrogens with zero attached hydrogens (tertiary/aromatic N) is 1. The van der Waals surface area contributed by atoms with E-state index in [1.807, 2.05) is 6.07 Å². The molecule has 114 valence electrons. The Morgan fingerprint density at radius 3 is 2.33 bits per heavy atom. The van der Waals surface area contributed by atoms with Gasteiger partial charge in [0.15, 0.2) is 5.41 Å². The fraction of sp³-hybridized carbons (Fsp3) is 0.429. The van der Waals surface area contributed by atoms with E-state index >= 15 is 0 Å². The van der Waals surface area contributed by atoms with Crippen molar-refractivity contribution in [2.45, 2.75) is 31.1 Å². The average Bonchev–Trinajstić information content (AvgIpc) is 2.46. The van der Waals surface area contributed by atoms with Crippen molar-refractivity contribution in [3.05, 3.63) is 29.8 Å². The first-order valence-corrected chi connectivity index (χ1v) is 7.98. The summed E-state index contributed by atoms with van der Waals surface area (Å²) in [7, 11) is -3.56. The van der Waals surface area contributed by atoms with Gasteiger partial charge in [0.05, 0.1) is 17.6 Å². The topological polar surface area (TPSA) is 96.3 Å².